The first-order valence-corrected chi connectivity index (χ1v) is 5.37. The Morgan fingerprint density at radius 3 is 2.62 bits per heavy atom. The van der Waals surface area contributed by atoms with Gasteiger partial charge in [-0.25, -0.2) is 0 Å². The van der Waals surface area contributed by atoms with Crippen LogP contribution in [0.3, 0.4) is 0 Å². The number of rotatable bonds is 4. The topological polar surface area (TPSA) is 46.5 Å². The molecule has 1 aromatic rings. The highest BCUT2D eigenvalue weighted by molar-refractivity contribution is 7.32. The van der Waals surface area contributed by atoms with E-state index in [1.165, 1.54) is 0 Å². The third-order valence-electron chi connectivity index (χ3n) is 1.83. The van der Waals surface area contributed by atoms with Crippen LogP contribution in [0.25, 0.3) is 0 Å². The molecule has 0 aromatic heterocycles. The molecule has 4 heteroatoms. The number of benzene rings is 1. The Balaban J connectivity index is 2.49. The maximum Gasteiger partial charge on any atom is 0.316 e. The van der Waals surface area contributed by atoms with Crippen molar-refractivity contribution < 1.29 is 14.0 Å². The predicted molar refractivity (Wildman–Crippen MR) is 52.0 cm³/mol. The van der Waals surface area contributed by atoms with Crippen LogP contribution in [0.4, 0.5) is 0 Å². The fourth-order valence-corrected chi connectivity index (χ4v) is 1.47. The standard InChI is InChI=1S/C9H13O3P/c1-8(7-12-13(10)11)9-5-3-2-4-6-9/h2-6,8,13H,7H2,1H3,(H,10,11). The van der Waals surface area contributed by atoms with E-state index in [1.807, 2.05) is 37.3 Å². The van der Waals surface area contributed by atoms with Crippen LogP contribution in [0.1, 0.15) is 18.4 Å². The van der Waals surface area contributed by atoms with Gasteiger partial charge in [-0.05, 0) is 5.56 Å². The van der Waals surface area contributed by atoms with E-state index in [0.717, 1.165) is 5.56 Å². The number of hydrogen-bond acceptors (Lipinski definition) is 2. The summed E-state index contributed by atoms with van der Waals surface area (Å²) in [6.07, 6.45) is 0. The van der Waals surface area contributed by atoms with Gasteiger partial charge in [-0.3, -0.25) is 4.57 Å². The average Bonchev–Trinajstić information content (AvgIpc) is 2.15. The van der Waals surface area contributed by atoms with Crippen molar-refractivity contribution in [2.75, 3.05) is 6.61 Å². The van der Waals surface area contributed by atoms with Gasteiger partial charge in [-0.1, -0.05) is 37.3 Å². The molecule has 0 aliphatic rings. The van der Waals surface area contributed by atoms with Gasteiger partial charge >= 0.3 is 8.25 Å². The first-order chi connectivity index (χ1) is 6.20. The molecule has 0 saturated carbocycles. The van der Waals surface area contributed by atoms with Gasteiger partial charge in [0.2, 0.25) is 0 Å². The summed E-state index contributed by atoms with van der Waals surface area (Å²) < 4.78 is 15.0. The van der Waals surface area contributed by atoms with E-state index in [9.17, 15) is 4.57 Å². The summed E-state index contributed by atoms with van der Waals surface area (Å²) in [4.78, 5) is 8.47. The fraction of sp³-hybridized carbons (Fsp3) is 0.333. The van der Waals surface area contributed by atoms with Crippen LogP contribution < -0.4 is 0 Å². The molecule has 3 nitrogen and oxygen atoms in total. The normalized spacial score (nSPS) is 15.2. The van der Waals surface area contributed by atoms with Crippen molar-refractivity contribution in [1.82, 2.24) is 0 Å². The second-order valence-electron chi connectivity index (χ2n) is 2.89. The molecular formula is C9H13O3P. The molecule has 1 rings (SSSR count). The van der Waals surface area contributed by atoms with Gasteiger partial charge < -0.3 is 9.42 Å². The average molecular weight is 200 g/mol. The molecule has 1 N–H and O–H groups in total. The molecule has 0 saturated heterocycles. The van der Waals surface area contributed by atoms with Crippen molar-refractivity contribution in [3.05, 3.63) is 35.9 Å². The molecule has 0 radical (unpaired) electrons. The van der Waals surface area contributed by atoms with E-state index in [2.05, 4.69) is 4.52 Å². The lowest BCUT2D eigenvalue weighted by Gasteiger charge is -2.10. The molecule has 0 heterocycles. The van der Waals surface area contributed by atoms with Gasteiger partial charge in [-0.2, -0.15) is 0 Å². The summed E-state index contributed by atoms with van der Waals surface area (Å²) in [5, 5.41) is 0. The van der Waals surface area contributed by atoms with Crippen LogP contribution in [-0.2, 0) is 9.09 Å². The molecule has 2 unspecified atom stereocenters. The van der Waals surface area contributed by atoms with Gasteiger partial charge in [0.15, 0.2) is 0 Å². The Bertz CT molecular complexity index is 273. The van der Waals surface area contributed by atoms with Gasteiger partial charge in [-0.15, -0.1) is 0 Å². The summed E-state index contributed by atoms with van der Waals surface area (Å²) >= 11 is 0. The molecule has 0 fully saturated rings. The second-order valence-corrected chi connectivity index (χ2v) is 3.71. The first-order valence-electron chi connectivity index (χ1n) is 4.11. The van der Waals surface area contributed by atoms with Crippen LogP contribution in [0, 0.1) is 0 Å². The van der Waals surface area contributed by atoms with E-state index in [0.29, 0.717) is 0 Å². The van der Waals surface area contributed by atoms with E-state index < -0.39 is 8.25 Å². The van der Waals surface area contributed by atoms with E-state index in [4.69, 9.17) is 4.89 Å². The van der Waals surface area contributed by atoms with Crippen molar-refractivity contribution in [2.24, 2.45) is 0 Å². The van der Waals surface area contributed by atoms with Gasteiger partial charge in [0.25, 0.3) is 0 Å². The monoisotopic (exact) mass is 200 g/mol. The fourth-order valence-electron chi connectivity index (χ4n) is 1.07. The molecular weight excluding hydrogens is 187 g/mol. The quantitative estimate of drug-likeness (QED) is 0.758. The van der Waals surface area contributed by atoms with E-state index in [1.54, 1.807) is 0 Å². The predicted octanol–water partition coefficient (Wildman–Crippen LogP) is 2.19. The van der Waals surface area contributed by atoms with Crippen LogP contribution in [0.5, 0.6) is 0 Å². The van der Waals surface area contributed by atoms with E-state index in [-0.39, 0.29) is 12.5 Å². The molecule has 2 atom stereocenters. The Kier molecular flexibility index (Phi) is 4.16. The zero-order valence-electron chi connectivity index (χ0n) is 7.43. The Morgan fingerprint density at radius 1 is 1.46 bits per heavy atom. The Hall–Kier alpha value is -0.630. The lowest BCUT2D eigenvalue weighted by atomic mass is 10.0. The molecule has 0 spiro atoms. The smallest absolute Gasteiger partial charge is 0.316 e. The van der Waals surface area contributed by atoms with Crippen molar-refractivity contribution in [3.63, 3.8) is 0 Å². The Morgan fingerprint density at radius 2 is 2.08 bits per heavy atom. The maximum absolute atomic E-state index is 10.3. The zero-order valence-corrected chi connectivity index (χ0v) is 8.43. The van der Waals surface area contributed by atoms with Crippen LogP contribution in [0.2, 0.25) is 0 Å². The van der Waals surface area contributed by atoms with Gasteiger partial charge in [0.1, 0.15) is 0 Å². The third-order valence-corrected chi connectivity index (χ3v) is 2.24. The third kappa shape index (κ3) is 3.73. The van der Waals surface area contributed by atoms with Gasteiger partial charge in [0, 0.05) is 5.92 Å². The molecule has 0 bridgehead atoms. The number of hydrogen-bond donors (Lipinski definition) is 1. The lowest BCUT2D eigenvalue weighted by molar-refractivity contribution is 0.266. The minimum atomic E-state index is -2.79. The first kappa shape index (κ1) is 10.5. The molecule has 0 aliphatic heterocycles. The minimum Gasteiger partial charge on any atom is -0.326 e. The summed E-state index contributed by atoms with van der Waals surface area (Å²) in [6, 6.07) is 9.76. The zero-order chi connectivity index (χ0) is 9.68. The summed E-state index contributed by atoms with van der Waals surface area (Å²) in [5.41, 5.74) is 1.12. The van der Waals surface area contributed by atoms with Crippen molar-refractivity contribution in [3.8, 4) is 0 Å². The van der Waals surface area contributed by atoms with E-state index >= 15 is 0 Å². The molecule has 0 aliphatic carbocycles. The second kappa shape index (κ2) is 5.18. The van der Waals surface area contributed by atoms with Crippen molar-refractivity contribution in [1.29, 1.82) is 0 Å². The largest absolute Gasteiger partial charge is 0.326 e. The summed E-state index contributed by atoms with van der Waals surface area (Å²) in [7, 11) is -2.79. The summed E-state index contributed by atoms with van der Waals surface area (Å²) in [5.74, 6) is 0.155. The molecule has 13 heavy (non-hydrogen) atoms. The highest BCUT2D eigenvalue weighted by atomic mass is 31.1. The van der Waals surface area contributed by atoms with Crippen LogP contribution in [-0.4, -0.2) is 11.5 Å². The van der Waals surface area contributed by atoms with Crippen LogP contribution >= 0.6 is 8.25 Å². The maximum atomic E-state index is 10.3. The Labute approximate surface area is 78.3 Å². The summed E-state index contributed by atoms with van der Waals surface area (Å²) in [6.45, 7) is 2.25. The lowest BCUT2D eigenvalue weighted by Crippen LogP contribution is -2.00. The van der Waals surface area contributed by atoms with Crippen LogP contribution in [0.15, 0.2) is 30.3 Å². The minimum absolute atomic E-state index is 0.155. The highest BCUT2D eigenvalue weighted by Gasteiger charge is 2.05. The van der Waals surface area contributed by atoms with Gasteiger partial charge in [0.05, 0.1) is 6.61 Å². The molecule has 0 amide bonds. The molecule has 72 valence electrons. The van der Waals surface area contributed by atoms with Crippen molar-refractivity contribution in [2.45, 2.75) is 12.8 Å². The highest BCUT2D eigenvalue weighted by Crippen LogP contribution is 2.21. The van der Waals surface area contributed by atoms with Crippen molar-refractivity contribution >= 4 is 8.25 Å². The SMILES string of the molecule is CC(CO[PH](=O)O)c1ccccc1. The molecule has 1 aromatic carbocycles.